The maximum absolute atomic E-state index is 13.4. The molecule has 36 heavy (non-hydrogen) atoms. The third kappa shape index (κ3) is 6.33. The Labute approximate surface area is 208 Å². The molecule has 3 N–H and O–H groups in total. The third-order valence-electron chi connectivity index (χ3n) is 6.42. The molecule has 186 valence electrons. The Balaban J connectivity index is 1.50. The molecular weight excluding hydrogens is 461 g/mol. The van der Waals surface area contributed by atoms with Gasteiger partial charge in [0.2, 0.25) is 11.8 Å². The average molecular weight is 490 g/mol. The van der Waals surface area contributed by atoms with E-state index in [0.29, 0.717) is 30.4 Å². The molecule has 4 rings (SSSR count). The summed E-state index contributed by atoms with van der Waals surface area (Å²) in [6.45, 7) is 0.605. The molecule has 3 aromatic carbocycles. The first-order valence-electron chi connectivity index (χ1n) is 12.0. The fourth-order valence-electron chi connectivity index (χ4n) is 4.44. The molecule has 1 unspecified atom stereocenters. The van der Waals surface area contributed by atoms with Crippen LogP contribution in [0.25, 0.3) is 10.8 Å². The number of halogens is 1. The number of rotatable bonds is 9. The molecular formula is C28H28FN3O4. The quantitative estimate of drug-likeness (QED) is 0.402. The number of amides is 3. The van der Waals surface area contributed by atoms with E-state index in [0.717, 1.165) is 17.2 Å². The number of carbonyl (C=O) groups excluding carboxylic acids is 4. The van der Waals surface area contributed by atoms with Crippen LogP contribution in [0.1, 0.15) is 35.2 Å². The van der Waals surface area contributed by atoms with Crippen LogP contribution in [0.2, 0.25) is 0 Å². The largest absolute Gasteiger partial charge is 0.356 e. The van der Waals surface area contributed by atoms with Crippen molar-refractivity contribution in [3.05, 3.63) is 83.7 Å². The lowest BCUT2D eigenvalue weighted by Gasteiger charge is -2.26. The van der Waals surface area contributed by atoms with Crippen molar-refractivity contribution in [3.63, 3.8) is 0 Å². The highest BCUT2D eigenvalue weighted by Crippen LogP contribution is 2.18. The van der Waals surface area contributed by atoms with Gasteiger partial charge in [-0.3, -0.25) is 14.4 Å². The minimum atomic E-state index is -1.02. The third-order valence-corrected chi connectivity index (χ3v) is 6.42. The molecule has 8 heteroatoms. The molecule has 7 nitrogen and oxygen atoms in total. The average Bonchev–Trinajstić information content (AvgIpc) is 2.89. The first-order chi connectivity index (χ1) is 17.4. The number of fused-ring (bicyclic) bond motifs is 1. The number of aldehydes is 1. The molecule has 0 bridgehead atoms. The van der Waals surface area contributed by atoms with Gasteiger partial charge in [-0.15, -0.1) is 0 Å². The summed E-state index contributed by atoms with van der Waals surface area (Å²) in [5.74, 6) is -1.90. The van der Waals surface area contributed by atoms with E-state index in [1.807, 2.05) is 30.3 Å². The van der Waals surface area contributed by atoms with Crippen molar-refractivity contribution in [2.24, 2.45) is 5.92 Å². The van der Waals surface area contributed by atoms with Crippen LogP contribution in [0, 0.1) is 11.7 Å². The molecule has 3 aromatic rings. The van der Waals surface area contributed by atoms with Crippen molar-refractivity contribution >= 4 is 34.8 Å². The maximum Gasteiger partial charge on any atom is 0.251 e. The van der Waals surface area contributed by atoms with Crippen LogP contribution < -0.4 is 16.0 Å². The van der Waals surface area contributed by atoms with E-state index < -0.39 is 29.7 Å². The predicted octanol–water partition coefficient (Wildman–Crippen LogP) is 2.92. The molecule has 3 atom stereocenters. The molecule has 1 aliphatic rings. The molecule has 0 spiro atoms. The Morgan fingerprint density at radius 3 is 2.50 bits per heavy atom. The van der Waals surface area contributed by atoms with Crippen molar-refractivity contribution in [1.29, 1.82) is 0 Å². The standard InChI is InChI=1S/C28H28FN3O4/c29-23-11-7-18(8-12-23)14-25(28(36)31-24(17-33)16-21-6-3-13-30-26(21)34)32-27(35)22-10-9-19-4-1-2-5-20(19)15-22/h1-2,4-5,7-12,15,17,21,24-25H,3,6,13-14,16H2,(H,30,34)(H,31,36)(H,32,35)/t21?,24-,25-/m0/s1. The van der Waals surface area contributed by atoms with E-state index in [1.165, 1.54) is 12.1 Å². The minimum Gasteiger partial charge on any atom is -0.356 e. The minimum absolute atomic E-state index is 0.0981. The highest BCUT2D eigenvalue weighted by atomic mass is 19.1. The normalized spacial score (nSPS) is 17.0. The predicted molar refractivity (Wildman–Crippen MR) is 134 cm³/mol. The number of carbonyl (C=O) groups is 4. The second kappa shape index (κ2) is 11.6. The fraction of sp³-hybridized carbons (Fsp3) is 0.286. The number of piperidine rings is 1. The van der Waals surface area contributed by atoms with Crippen LogP contribution in [-0.2, 0) is 20.8 Å². The highest BCUT2D eigenvalue weighted by Gasteiger charge is 2.29. The van der Waals surface area contributed by atoms with E-state index >= 15 is 0 Å². The second-order valence-electron chi connectivity index (χ2n) is 9.04. The van der Waals surface area contributed by atoms with E-state index in [1.54, 1.807) is 24.3 Å². The molecule has 0 saturated carbocycles. The molecule has 0 radical (unpaired) electrons. The lowest BCUT2D eigenvalue weighted by molar-refractivity contribution is -0.129. The summed E-state index contributed by atoms with van der Waals surface area (Å²) in [7, 11) is 0. The van der Waals surface area contributed by atoms with Gasteiger partial charge in [0.05, 0.1) is 6.04 Å². The van der Waals surface area contributed by atoms with E-state index in [-0.39, 0.29) is 24.7 Å². The Morgan fingerprint density at radius 2 is 1.78 bits per heavy atom. The van der Waals surface area contributed by atoms with Gasteiger partial charge >= 0.3 is 0 Å². The Kier molecular flexibility index (Phi) is 8.05. The van der Waals surface area contributed by atoms with Gasteiger partial charge in [0.1, 0.15) is 18.1 Å². The summed E-state index contributed by atoms with van der Waals surface area (Å²) >= 11 is 0. The first kappa shape index (κ1) is 25.0. The zero-order valence-electron chi connectivity index (χ0n) is 19.7. The van der Waals surface area contributed by atoms with Gasteiger partial charge in [-0.2, -0.15) is 0 Å². The first-order valence-corrected chi connectivity index (χ1v) is 12.0. The van der Waals surface area contributed by atoms with Gasteiger partial charge in [0, 0.05) is 24.4 Å². The van der Waals surface area contributed by atoms with Crippen molar-refractivity contribution in [3.8, 4) is 0 Å². The van der Waals surface area contributed by atoms with Crippen molar-refractivity contribution in [1.82, 2.24) is 16.0 Å². The van der Waals surface area contributed by atoms with E-state index in [9.17, 15) is 23.6 Å². The smallest absolute Gasteiger partial charge is 0.251 e. The van der Waals surface area contributed by atoms with Gasteiger partial charge in [0.25, 0.3) is 5.91 Å². The monoisotopic (exact) mass is 489 g/mol. The zero-order chi connectivity index (χ0) is 25.5. The van der Waals surface area contributed by atoms with Crippen LogP contribution in [-0.4, -0.2) is 42.6 Å². The lowest BCUT2D eigenvalue weighted by Crippen LogP contribution is -2.52. The van der Waals surface area contributed by atoms with E-state index in [4.69, 9.17) is 0 Å². The summed E-state index contributed by atoms with van der Waals surface area (Å²) in [6.07, 6.45) is 2.35. The second-order valence-corrected chi connectivity index (χ2v) is 9.04. The van der Waals surface area contributed by atoms with Gasteiger partial charge in [-0.1, -0.05) is 42.5 Å². The summed E-state index contributed by atoms with van der Waals surface area (Å²) < 4.78 is 13.4. The summed E-state index contributed by atoms with van der Waals surface area (Å²) in [5.41, 5.74) is 1.03. The topological polar surface area (TPSA) is 104 Å². The summed E-state index contributed by atoms with van der Waals surface area (Å²) in [5, 5.41) is 10.1. The Bertz CT molecular complexity index is 1260. The highest BCUT2D eigenvalue weighted by molar-refractivity contribution is 6.01. The summed E-state index contributed by atoms with van der Waals surface area (Å²) in [6, 6.07) is 16.6. The fourth-order valence-corrected chi connectivity index (χ4v) is 4.44. The molecule has 1 heterocycles. The molecule has 0 aromatic heterocycles. The number of hydrogen-bond acceptors (Lipinski definition) is 4. The molecule has 0 aliphatic carbocycles. The molecule has 3 amide bonds. The van der Waals surface area contributed by atoms with Gasteiger partial charge < -0.3 is 20.7 Å². The molecule has 1 fully saturated rings. The van der Waals surface area contributed by atoms with Crippen LogP contribution in [0.15, 0.2) is 66.7 Å². The molecule has 1 aliphatic heterocycles. The SMILES string of the molecule is O=C[C@H](CC1CCCNC1=O)NC(=O)[C@H](Cc1ccc(F)cc1)NC(=O)c1ccc2ccccc2c1. The Morgan fingerprint density at radius 1 is 1.03 bits per heavy atom. The Hall–Kier alpha value is -4.07. The lowest BCUT2D eigenvalue weighted by atomic mass is 9.92. The van der Waals surface area contributed by atoms with Gasteiger partial charge in [-0.05, 0) is 59.9 Å². The van der Waals surface area contributed by atoms with Gasteiger partial charge in [0.15, 0.2) is 0 Å². The van der Waals surface area contributed by atoms with Gasteiger partial charge in [-0.25, -0.2) is 4.39 Å². The maximum atomic E-state index is 13.4. The number of benzene rings is 3. The van der Waals surface area contributed by atoms with E-state index in [2.05, 4.69) is 16.0 Å². The van der Waals surface area contributed by atoms with Crippen molar-refractivity contribution < 1.29 is 23.6 Å². The van der Waals surface area contributed by atoms with Crippen molar-refractivity contribution in [2.75, 3.05) is 6.54 Å². The van der Waals surface area contributed by atoms with Crippen LogP contribution in [0.4, 0.5) is 4.39 Å². The van der Waals surface area contributed by atoms with Crippen LogP contribution in [0.5, 0.6) is 0 Å². The zero-order valence-corrected chi connectivity index (χ0v) is 19.7. The van der Waals surface area contributed by atoms with Crippen molar-refractivity contribution in [2.45, 2.75) is 37.8 Å². The summed E-state index contributed by atoms with van der Waals surface area (Å²) in [4.78, 5) is 50.2. The van der Waals surface area contributed by atoms with Crippen LogP contribution in [0.3, 0.4) is 0 Å². The van der Waals surface area contributed by atoms with Crippen LogP contribution >= 0.6 is 0 Å². The molecule has 1 saturated heterocycles. The number of hydrogen-bond donors (Lipinski definition) is 3. The number of nitrogens with one attached hydrogen (secondary N) is 3.